The summed E-state index contributed by atoms with van der Waals surface area (Å²) in [5.74, 6) is 0.445. The summed E-state index contributed by atoms with van der Waals surface area (Å²) in [7, 11) is -0.181. The number of hydrogen-bond acceptors (Lipinski definition) is 4. The number of carbonyl (C=O) groups excluding carboxylic acids is 1. The van der Waals surface area contributed by atoms with Crippen LogP contribution in [0.4, 0.5) is 0 Å². The molecule has 1 aliphatic rings. The molecule has 1 aromatic rings. The quantitative estimate of drug-likeness (QED) is 0.834. The van der Waals surface area contributed by atoms with Crippen molar-refractivity contribution in [2.24, 2.45) is 5.92 Å². The zero-order chi connectivity index (χ0) is 16.2. The molecular formula is C15H23N3O3S. The molecule has 1 fully saturated rings. The van der Waals surface area contributed by atoms with E-state index in [-0.39, 0.29) is 10.8 Å². The monoisotopic (exact) mass is 325 g/mol. The van der Waals surface area contributed by atoms with E-state index in [1.807, 2.05) is 11.9 Å². The number of piperidine rings is 1. The van der Waals surface area contributed by atoms with Crippen LogP contribution in [0.3, 0.4) is 0 Å². The van der Waals surface area contributed by atoms with Crippen LogP contribution in [0.15, 0.2) is 29.2 Å². The van der Waals surface area contributed by atoms with Crippen molar-refractivity contribution in [1.82, 2.24) is 14.9 Å². The SMILES string of the molecule is CNCC1CCCN(C(=O)c2ccc(S(=O)(=O)NC)cc2)C1. The number of rotatable bonds is 5. The fraction of sp³-hybridized carbons (Fsp3) is 0.533. The van der Waals surface area contributed by atoms with E-state index in [1.165, 1.54) is 19.2 Å². The largest absolute Gasteiger partial charge is 0.338 e. The number of nitrogens with zero attached hydrogens (tertiary/aromatic N) is 1. The molecule has 0 aromatic heterocycles. The second-order valence-corrected chi connectivity index (χ2v) is 7.44. The van der Waals surface area contributed by atoms with E-state index in [4.69, 9.17) is 0 Å². The summed E-state index contributed by atoms with van der Waals surface area (Å²) in [6.45, 7) is 2.41. The molecule has 1 saturated heterocycles. The number of likely N-dealkylation sites (tertiary alicyclic amines) is 1. The molecule has 0 radical (unpaired) electrons. The Labute approximate surface area is 131 Å². The van der Waals surface area contributed by atoms with Crippen molar-refractivity contribution in [3.63, 3.8) is 0 Å². The molecule has 1 heterocycles. The predicted molar refractivity (Wildman–Crippen MR) is 85.2 cm³/mol. The molecule has 6 nitrogen and oxygen atoms in total. The molecule has 1 aromatic carbocycles. The second kappa shape index (κ2) is 7.21. The van der Waals surface area contributed by atoms with Crippen LogP contribution in [-0.2, 0) is 10.0 Å². The van der Waals surface area contributed by atoms with Gasteiger partial charge in [0.05, 0.1) is 4.90 Å². The maximum Gasteiger partial charge on any atom is 0.253 e. The fourth-order valence-corrected chi connectivity index (χ4v) is 3.51. The minimum atomic E-state index is -3.46. The molecule has 1 amide bonds. The Morgan fingerprint density at radius 2 is 1.95 bits per heavy atom. The molecule has 0 spiro atoms. The number of carbonyl (C=O) groups is 1. The molecule has 2 N–H and O–H groups in total. The number of benzene rings is 1. The molecule has 22 heavy (non-hydrogen) atoms. The van der Waals surface area contributed by atoms with Crippen LogP contribution in [0.1, 0.15) is 23.2 Å². The van der Waals surface area contributed by atoms with Gasteiger partial charge in [-0.15, -0.1) is 0 Å². The van der Waals surface area contributed by atoms with Crippen molar-refractivity contribution >= 4 is 15.9 Å². The molecule has 1 atom stereocenters. The normalized spacial score (nSPS) is 19.2. The van der Waals surface area contributed by atoms with Gasteiger partial charge in [-0.25, -0.2) is 13.1 Å². The Balaban J connectivity index is 2.09. The number of sulfonamides is 1. The molecule has 122 valence electrons. The third-order valence-corrected chi connectivity index (χ3v) is 5.41. The van der Waals surface area contributed by atoms with E-state index in [1.54, 1.807) is 12.1 Å². The van der Waals surface area contributed by atoms with Gasteiger partial charge in [-0.2, -0.15) is 0 Å². The number of hydrogen-bond donors (Lipinski definition) is 2. The van der Waals surface area contributed by atoms with E-state index in [9.17, 15) is 13.2 Å². The van der Waals surface area contributed by atoms with Gasteiger partial charge in [-0.05, 0) is 63.7 Å². The maximum atomic E-state index is 12.5. The first kappa shape index (κ1) is 16.9. The van der Waals surface area contributed by atoms with Crippen LogP contribution in [0, 0.1) is 5.92 Å². The van der Waals surface area contributed by atoms with Gasteiger partial charge >= 0.3 is 0 Å². The first-order valence-corrected chi connectivity index (χ1v) is 8.93. The topological polar surface area (TPSA) is 78.5 Å². The zero-order valence-electron chi connectivity index (χ0n) is 13.0. The summed E-state index contributed by atoms with van der Waals surface area (Å²) in [5.41, 5.74) is 0.528. The van der Waals surface area contributed by atoms with Gasteiger partial charge in [-0.3, -0.25) is 4.79 Å². The maximum absolute atomic E-state index is 12.5. The van der Waals surface area contributed by atoms with Gasteiger partial charge < -0.3 is 10.2 Å². The second-order valence-electron chi connectivity index (χ2n) is 5.55. The number of nitrogens with one attached hydrogen (secondary N) is 2. The summed E-state index contributed by atoms with van der Waals surface area (Å²) in [6.07, 6.45) is 2.13. The Kier molecular flexibility index (Phi) is 5.55. The summed E-state index contributed by atoms with van der Waals surface area (Å²) in [4.78, 5) is 14.5. The Hall–Kier alpha value is -1.44. The summed E-state index contributed by atoms with van der Waals surface area (Å²) in [5, 5.41) is 3.16. The average molecular weight is 325 g/mol. The van der Waals surface area contributed by atoms with Crippen LogP contribution in [0.2, 0.25) is 0 Å². The van der Waals surface area contributed by atoms with Gasteiger partial charge in [-0.1, -0.05) is 0 Å². The molecule has 1 aliphatic heterocycles. The van der Waals surface area contributed by atoms with Crippen LogP contribution in [0.5, 0.6) is 0 Å². The third-order valence-electron chi connectivity index (χ3n) is 3.98. The summed E-state index contributed by atoms with van der Waals surface area (Å²) >= 11 is 0. The predicted octanol–water partition coefficient (Wildman–Crippen LogP) is 0.666. The van der Waals surface area contributed by atoms with Crippen molar-refractivity contribution in [2.45, 2.75) is 17.7 Å². The minimum Gasteiger partial charge on any atom is -0.338 e. The van der Waals surface area contributed by atoms with Crippen LogP contribution in [0.25, 0.3) is 0 Å². The smallest absolute Gasteiger partial charge is 0.253 e. The van der Waals surface area contributed by atoms with E-state index in [0.29, 0.717) is 11.5 Å². The lowest BCUT2D eigenvalue weighted by molar-refractivity contribution is 0.0674. The summed E-state index contributed by atoms with van der Waals surface area (Å²) < 4.78 is 25.6. The lowest BCUT2D eigenvalue weighted by atomic mass is 9.97. The van der Waals surface area contributed by atoms with Gasteiger partial charge in [0, 0.05) is 18.7 Å². The summed E-state index contributed by atoms with van der Waals surface area (Å²) in [6, 6.07) is 6.09. The van der Waals surface area contributed by atoms with E-state index >= 15 is 0 Å². The fourth-order valence-electron chi connectivity index (χ4n) is 2.78. The first-order valence-electron chi connectivity index (χ1n) is 7.45. The standard InChI is InChI=1S/C15H23N3O3S/c1-16-10-12-4-3-9-18(11-12)15(19)13-5-7-14(8-6-13)22(20,21)17-2/h5-8,12,16-17H,3-4,9-11H2,1-2H3. The molecule has 7 heteroatoms. The van der Waals surface area contributed by atoms with Crippen LogP contribution in [-0.4, -0.2) is 53.0 Å². The van der Waals surface area contributed by atoms with E-state index < -0.39 is 10.0 Å². The highest BCUT2D eigenvalue weighted by Crippen LogP contribution is 2.19. The minimum absolute atomic E-state index is 0.0331. The average Bonchev–Trinajstić information content (AvgIpc) is 2.55. The van der Waals surface area contributed by atoms with Gasteiger partial charge in [0.1, 0.15) is 0 Å². The third kappa shape index (κ3) is 3.85. The van der Waals surface area contributed by atoms with E-state index in [0.717, 1.165) is 32.5 Å². The molecule has 2 rings (SSSR count). The van der Waals surface area contributed by atoms with Gasteiger partial charge in [0.15, 0.2) is 0 Å². The molecule has 0 bridgehead atoms. The molecule has 1 unspecified atom stereocenters. The lowest BCUT2D eigenvalue weighted by Crippen LogP contribution is -2.42. The number of amides is 1. The molecular weight excluding hydrogens is 302 g/mol. The van der Waals surface area contributed by atoms with Crippen molar-refractivity contribution in [2.75, 3.05) is 33.7 Å². The van der Waals surface area contributed by atoms with Crippen molar-refractivity contribution in [1.29, 1.82) is 0 Å². The van der Waals surface area contributed by atoms with E-state index in [2.05, 4.69) is 10.0 Å². The van der Waals surface area contributed by atoms with Gasteiger partial charge in [0.2, 0.25) is 10.0 Å². The zero-order valence-corrected chi connectivity index (χ0v) is 13.8. The van der Waals surface area contributed by atoms with Crippen LogP contribution < -0.4 is 10.0 Å². The first-order chi connectivity index (χ1) is 10.5. The molecule has 0 saturated carbocycles. The van der Waals surface area contributed by atoms with Gasteiger partial charge in [0.25, 0.3) is 5.91 Å². The highest BCUT2D eigenvalue weighted by molar-refractivity contribution is 7.89. The van der Waals surface area contributed by atoms with Crippen molar-refractivity contribution < 1.29 is 13.2 Å². The lowest BCUT2D eigenvalue weighted by Gasteiger charge is -2.32. The molecule has 0 aliphatic carbocycles. The van der Waals surface area contributed by atoms with Crippen molar-refractivity contribution in [3.8, 4) is 0 Å². The Morgan fingerprint density at radius 3 is 2.55 bits per heavy atom. The Morgan fingerprint density at radius 1 is 1.27 bits per heavy atom. The highest BCUT2D eigenvalue weighted by atomic mass is 32.2. The van der Waals surface area contributed by atoms with Crippen LogP contribution >= 0.6 is 0 Å². The highest BCUT2D eigenvalue weighted by Gasteiger charge is 2.24. The van der Waals surface area contributed by atoms with Crippen molar-refractivity contribution in [3.05, 3.63) is 29.8 Å². The Bertz CT molecular complexity index is 611.